The average molecular weight is 248 g/mol. The molecule has 0 aliphatic heterocycles. The van der Waals surface area contributed by atoms with Gasteiger partial charge in [-0.15, -0.1) is 0 Å². The molecule has 0 aromatic heterocycles. The zero-order chi connectivity index (χ0) is 13.4. The van der Waals surface area contributed by atoms with Crippen LogP contribution >= 0.6 is 0 Å². The topological polar surface area (TPSA) is 32.3 Å². The summed E-state index contributed by atoms with van der Waals surface area (Å²) in [6.07, 6.45) is 3.67. The molecule has 100 valence electrons. The molecule has 0 aliphatic carbocycles. The van der Waals surface area contributed by atoms with E-state index in [1.54, 1.807) is 11.8 Å². The van der Waals surface area contributed by atoms with Crippen LogP contribution in [0.4, 0.5) is 5.69 Å². The summed E-state index contributed by atoms with van der Waals surface area (Å²) in [5.74, 6) is 0.0933. The molecule has 0 aliphatic rings. The van der Waals surface area contributed by atoms with Gasteiger partial charge in [0.25, 0.3) is 0 Å². The quantitative estimate of drug-likeness (QED) is 0.751. The lowest BCUT2D eigenvalue weighted by atomic mass is 10.1. The molecule has 0 spiro atoms. The van der Waals surface area contributed by atoms with Crippen LogP contribution in [0, 0.1) is 0 Å². The second-order valence-corrected chi connectivity index (χ2v) is 4.67. The SMILES string of the molecule is CCCCCNc1ccccc1CN(C)C(C)=O. The first-order valence-corrected chi connectivity index (χ1v) is 6.68. The summed E-state index contributed by atoms with van der Waals surface area (Å²) >= 11 is 0. The highest BCUT2D eigenvalue weighted by atomic mass is 16.2. The van der Waals surface area contributed by atoms with E-state index in [1.807, 2.05) is 19.2 Å². The number of carbonyl (C=O) groups is 1. The van der Waals surface area contributed by atoms with Crippen LogP contribution < -0.4 is 5.32 Å². The molecule has 0 saturated heterocycles. The molecule has 1 aromatic carbocycles. The van der Waals surface area contributed by atoms with E-state index in [4.69, 9.17) is 0 Å². The second kappa shape index (κ2) is 7.75. The van der Waals surface area contributed by atoms with Gasteiger partial charge in [0.15, 0.2) is 0 Å². The first kappa shape index (κ1) is 14.6. The Balaban J connectivity index is 2.58. The number of hydrogen-bond acceptors (Lipinski definition) is 2. The van der Waals surface area contributed by atoms with E-state index in [9.17, 15) is 4.79 Å². The minimum absolute atomic E-state index is 0.0933. The maximum Gasteiger partial charge on any atom is 0.219 e. The molecule has 3 heteroatoms. The Kier molecular flexibility index (Phi) is 6.26. The molecule has 1 aromatic rings. The van der Waals surface area contributed by atoms with Gasteiger partial charge in [-0.25, -0.2) is 0 Å². The van der Waals surface area contributed by atoms with Crippen molar-refractivity contribution in [3.63, 3.8) is 0 Å². The zero-order valence-corrected chi connectivity index (χ0v) is 11.7. The molecule has 0 fully saturated rings. The van der Waals surface area contributed by atoms with Crippen LogP contribution in [-0.4, -0.2) is 24.4 Å². The van der Waals surface area contributed by atoms with Crippen molar-refractivity contribution in [2.75, 3.05) is 18.9 Å². The van der Waals surface area contributed by atoms with Gasteiger partial charge in [0, 0.05) is 32.7 Å². The Morgan fingerprint density at radius 2 is 2.00 bits per heavy atom. The minimum atomic E-state index is 0.0933. The minimum Gasteiger partial charge on any atom is -0.385 e. The van der Waals surface area contributed by atoms with E-state index in [0.717, 1.165) is 12.2 Å². The number of rotatable bonds is 7. The molecule has 0 unspecified atom stereocenters. The standard InChI is InChI=1S/C15H24N2O/c1-4-5-8-11-16-15-10-7-6-9-14(15)12-17(3)13(2)18/h6-7,9-10,16H,4-5,8,11-12H2,1-3H3. The van der Waals surface area contributed by atoms with Gasteiger partial charge in [-0.2, -0.15) is 0 Å². The second-order valence-electron chi connectivity index (χ2n) is 4.67. The van der Waals surface area contributed by atoms with Gasteiger partial charge in [-0.05, 0) is 18.1 Å². The summed E-state index contributed by atoms with van der Waals surface area (Å²) in [6, 6.07) is 8.19. The van der Waals surface area contributed by atoms with Gasteiger partial charge < -0.3 is 10.2 Å². The first-order valence-electron chi connectivity index (χ1n) is 6.68. The summed E-state index contributed by atoms with van der Waals surface area (Å²) in [4.78, 5) is 13.0. The lowest BCUT2D eigenvalue weighted by molar-refractivity contribution is -0.128. The van der Waals surface area contributed by atoms with Crippen molar-refractivity contribution in [2.45, 2.75) is 39.7 Å². The van der Waals surface area contributed by atoms with E-state index in [2.05, 4.69) is 24.4 Å². The molecule has 0 heterocycles. The molecule has 0 radical (unpaired) electrons. The molecular formula is C15H24N2O. The Morgan fingerprint density at radius 3 is 2.67 bits per heavy atom. The number of nitrogens with one attached hydrogen (secondary N) is 1. The summed E-state index contributed by atoms with van der Waals surface area (Å²) in [5, 5.41) is 3.45. The van der Waals surface area contributed by atoms with Crippen molar-refractivity contribution in [1.82, 2.24) is 4.90 Å². The monoisotopic (exact) mass is 248 g/mol. The van der Waals surface area contributed by atoms with Gasteiger partial charge in [0.2, 0.25) is 5.91 Å². The fraction of sp³-hybridized carbons (Fsp3) is 0.533. The lowest BCUT2D eigenvalue weighted by Gasteiger charge is -2.18. The van der Waals surface area contributed by atoms with Crippen LogP contribution in [0.2, 0.25) is 0 Å². The van der Waals surface area contributed by atoms with Gasteiger partial charge in [0.1, 0.15) is 0 Å². The van der Waals surface area contributed by atoms with Gasteiger partial charge >= 0.3 is 0 Å². The zero-order valence-electron chi connectivity index (χ0n) is 11.7. The number of para-hydroxylation sites is 1. The number of carbonyl (C=O) groups excluding carboxylic acids is 1. The molecule has 1 N–H and O–H groups in total. The number of benzene rings is 1. The van der Waals surface area contributed by atoms with Crippen molar-refractivity contribution in [2.24, 2.45) is 0 Å². The molecule has 0 atom stereocenters. The predicted molar refractivity (Wildman–Crippen MR) is 76.6 cm³/mol. The fourth-order valence-corrected chi connectivity index (χ4v) is 1.80. The van der Waals surface area contributed by atoms with E-state index >= 15 is 0 Å². The Labute approximate surface area is 110 Å². The van der Waals surface area contributed by atoms with Gasteiger partial charge in [-0.3, -0.25) is 4.79 Å². The van der Waals surface area contributed by atoms with Crippen molar-refractivity contribution in [3.05, 3.63) is 29.8 Å². The molecule has 1 rings (SSSR count). The summed E-state index contributed by atoms with van der Waals surface area (Å²) in [5.41, 5.74) is 2.31. The van der Waals surface area contributed by atoms with Crippen LogP contribution in [0.3, 0.4) is 0 Å². The van der Waals surface area contributed by atoms with Crippen molar-refractivity contribution < 1.29 is 4.79 Å². The number of nitrogens with zero attached hydrogens (tertiary/aromatic N) is 1. The molecule has 0 saturated carbocycles. The number of anilines is 1. The molecule has 3 nitrogen and oxygen atoms in total. The largest absolute Gasteiger partial charge is 0.385 e. The number of hydrogen-bond donors (Lipinski definition) is 1. The molecule has 1 amide bonds. The van der Waals surface area contributed by atoms with Crippen LogP contribution in [0.15, 0.2) is 24.3 Å². The van der Waals surface area contributed by atoms with E-state index in [1.165, 1.54) is 24.8 Å². The van der Waals surface area contributed by atoms with Crippen LogP contribution in [0.25, 0.3) is 0 Å². The molecule has 18 heavy (non-hydrogen) atoms. The Bertz CT molecular complexity index is 377. The summed E-state index contributed by atoms with van der Waals surface area (Å²) in [6.45, 7) is 5.45. The Morgan fingerprint density at radius 1 is 1.28 bits per heavy atom. The normalized spacial score (nSPS) is 10.2. The molecule has 0 bridgehead atoms. The molecular weight excluding hydrogens is 224 g/mol. The van der Waals surface area contributed by atoms with E-state index < -0.39 is 0 Å². The van der Waals surface area contributed by atoms with Crippen LogP contribution in [-0.2, 0) is 11.3 Å². The van der Waals surface area contributed by atoms with Crippen LogP contribution in [0.5, 0.6) is 0 Å². The van der Waals surface area contributed by atoms with E-state index in [-0.39, 0.29) is 5.91 Å². The first-order chi connectivity index (χ1) is 8.65. The van der Waals surface area contributed by atoms with Crippen molar-refractivity contribution >= 4 is 11.6 Å². The highest BCUT2D eigenvalue weighted by Crippen LogP contribution is 2.17. The van der Waals surface area contributed by atoms with E-state index in [0.29, 0.717) is 6.54 Å². The highest BCUT2D eigenvalue weighted by Gasteiger charge is 2.06. The lowest BCUT2D eigenvalue weighted by Crippen LogP contribution is -2.23. The Hall–Kier alpha value is -1.51. The predicted octanol–water partition coefficient (Wildman–Crippen LogP) is 3.27. The smallest absolute Gasteiger partial charge is 0.219 e. The maximum absolute atomic E-state index is 11.3. The third kappa shape index (κ3) is 4.78. The summed E-state index contributed by atoms with van der Waals surface area (Å²) < 4.78 is 0. The average Bonchev–Trinajstić information content (AvgIpc) is 2.36. The maximum atomic E-state index is 11.3. The summed E-state index contributed by atoms with van der Waals surface area (Å²) in [7, 11) is 1.83. The highest BCUT2D eigenvalue weighted by molar-refractivity contribution is 5.73. The van der Waals surface area contributed by atoms with Crippen LogP contribution in [0.1, 0.15) is 38.7 Å². The van der Waals surface area contributed by atoms with Gasteiger partial charge in [-0.1, -0.05) is 38.0 Å². The third-order valence-corrected chi connectivity index (χ3v) is 3.06. The third-order valence-electron chi connectivity index (χ3n) is 3.06. The van der Waals surface area contributed by atoms with Crippen molar-refractivity contribution in [1.29, 1.82) is 0 Å². The van der Waals surface area contributed by atoms with Crippen molar-refractivity contribution in [3.8, 4) is 0 Å². The number of unbranched alkanes of at least 4 members (excludes halogenated alkanes) is 2. The number of amides is 1. The fourth-order valence-electron chi connectivity index (χ4n) is 1.80. The van der Waals surface area contributed by atoms with Gasteiger partial charge in [0.05, 0.1) is 0 Å².